The number of hydrogen-bond acceptors (Lipinski definition) is 5. The predicted octanol–water partition coefficient (Wildman–Crippen LogP) is 4.78. The van der Waals surface area contributed by atoms with Crippen LogP contribution in [0, 0.1) is 5.92 Å². The summed E-state index contributed by atoms with van der Waals surface area (Å²) in [6, 6.07) is 15.3. The molecule has 5 nitrogen and oxygen atoms in total. The zero-order valence-corrected chi connectivity index (χ0v) is 18.6. The largest absolute Gasteiger partial charge is 0.497 e. The third-order valence-corrected chi connectivity index (χ3v) is 5.91. The van der Waals surface area contributed by atoms with Crippen molar-refractivity contribution >= 4 is 5.97 Å². The van der Waals surface area contributed by atoms with Gasteiger partial charge in [-0.05, 0) is 61.6 Å². The summed E-state index contributed by atoms with van der Waals surface area (Å²) in [6.07, 6.45) is 0.389. The van der Waals surface area contributed by atoms with Crippen LogP contribution in [0.2, 0.25) is 0 Å². The number of alkyl halides is 1. The van der Waals surface area contributed by atoms with Crippen LogP contribution in [0.4, 0.5) is 4.39 Å². The molecule has 168 valence electrons. The van der Waals surface area contributed by atoms with Gasteiger partial charge >= 0.3 is 5.97 Å². The fourth-order valence-corrected chi connectivity index (χ4v) is 4.18. The Hall–Kier alpha value is -2.60. The fraction of sp³-hybridized carbons (Fsp3) is 0.480. The van der Waals surface area contributed by atoms with Crippen LogP contribution in [0.25, 0.3) is 0 Å². The van der Waals surface area contributed by atoms with Crippen molar-refractivity contribution in [3.63, 3.8) is 0 Å². The summed E-state index contributed by atoms with van der Waals surface area (Å²) in [7, 11) is 3.27. The first kappa shape index (κ1) is 23.1. The molecule has 0 N–H and O–H groups in total. The first-order chi connectivity index (χ1) is 15.0. The Bertz CT molecular complexity index is 775. The highest BCUT2D eigenvalue weighted by molar-refractivity contribution is 5.72. The Morgan fingerprint density at radius 3 is 1.90 bits per heavy atom. The van der Waals surface area contributed by atoms with Crippen LogP contribution in [-0.2, 0) is 22.6 Å². The van der Waals surface area contributed by atoms with E-state index in [4.69, 9.17) is 14.2 Å². The van der Waals surface area contributed by atoms with Gasteiger partial charge < -0.3 is 14.2 Å². The minimum absolute atomic E-state index is 0.215. The summed E-state index contributed by atoms with van der Waals surface area (Å²) in [5.74, 6) is 1.10. The van der Waals surface area contributed by atoms with Gasteiger partial charge in [-0.3, -0.25) is 9.69 Å². The predicted molar refractivity (Wildman–Crippen MR) is 118 cm³/mol. The molecule has 0 heterocycles. The molecule has 0 saturated heterocycles. The quantitative estimate of drug-likeness (QED) is 0.537. The van der Waals surface area contributed by atoms with Crippen molar-refractivity contribution in [1.82, 2.24) is 4.90 Å². The Morgan fingerprint density at radius 1 is 0.935 bits per heavy atom. The van der Waals surface area contributed by atoms with Gasteiger partial charge in [0, 0.05) is 19.1 Å². The number of hydrogen-bond donors (Lipinski definition) is 0. The van der Waals surface area contributed by atoms with E-state index in [9.17, 15) is 4.79 Å². The smallest absolute Gasteiger partial charge is 0.308 e. The molecule has 1 aliphatic rings. The van der Waals surface area contributed by atoms with Crippen LogP contribution in [0.15, 0.2) is 48.5 Å². The van der Waals surface area contributed by atoms with E-state index < -0.39 is 6.17 Å². The van der Waals surface area contributed by atoms with Gasteiger partial charge in [0.05, 0.1) is 26.7 Å². The first-order valence-electron chi connectivity index (χ1n) is 10.8. The normalized spacial score (nSPS) is 21.0. The average Bonchev–Trinajstić information content (AvgIpc) is 2.80. The molecule has 2 aromatic rings. The van der Waals surface area contributed by atoms with Gasteiger partial charge in [0.2, 0.25) is 0 Å². The van der Waals surface area contributed by atoms with E-state index in [0.29, 0.717) is 39.0 Å². The second kappa shape index (κ2) is 11.1. The molecule has 0 unspecified atom stereocenters. The Labute approximate surface area is 184 Å². The minimum atomic E-state index is -0.984. The lowest BCUT2D eigenvalue weighted by atomic mass is 9.83. The zero-order chi connectivity index (χ0) is 22.2. The first-order valence-corrected chi connectivity index (χ1v) is 10.8. The van der Waals surface area contributed by atoms with E-state index in [-0.39, 0.29) is 17.9 Å². The number of methoxy groups -OCH3 is 2. The number of nitrogens with zero attached hydrogens (tertiary/aromatic N) is 1. The molecule has 0 aliphatic heterocycles. The maximum atomic E-state index is 15.1. The third kappa shape index (κ3) is 6.20. The van der Waals surface area contributed by atoms with E-state index in [1.807, 2.05) is 48.5 Å². The van der Waals surface area contributed by atoms with Crippen LogP contribution in [-0.4, -0.2) is 43.9 Å². The maximum Gasteiger partial charge on any atom is 0.308 e. The lowest BCUT2D eigenvalue weighted by Gasteiger charge is -2.39. The molecular weight excluding hydrogens is 397 g/mol. The second-order valence-electron chi connectivity index (χ2n) is 7.95. The lowest BCUT2D eigenvalue weighted by Crippen LogP contribution is -2.46. The molecule has 31 heavy (non-hydrogen) atoms. The molecule has 1 saturated carbocycles. The number of esters is 1. The highest BCUT2D eigenvalue weighted by Crippen LogP contribution is 2.33. The van der Waals surface area contributed by atoms with Gasteiger partial charge in [0.15, 0.2) is 0 Å². The molecule has 1 aliphatic carbocycles. The third-order valence-electron chi connectivity index (χ3n) is 5.91. The van der Waals surface area contributed by atoms with Crippen molar-refractivity contribution in [3.8, 4) is 11.5 Å². The number of rotatable bonds is 9. The molecule has 0 aromatic heterocycles. The minimum Gasteiger partial charge on any atom is -0.497 e. The van der Waals surface area contributed by atoms with Crippen LogP contribution >= 0.6 is 0 Å². The molecular formula is C25H32FNO4. The molecule has 3 rings (SSSR count). The van der Waals surface area contributed by atoms with Gasteiger partial charge in [-0.1, -0.05) is 24.3 Å². The monoisotopic (exact) mass is 429 g/mol. The van der Waals surface area contributed by atoms with E-state index in [2.05, 4.69) is 4.90 Å². The number of halogens is 1. The van der Waals surface area contributed by atoms with Gasteiger partial charge in [-0.25, -0.2) is 4.39 Å². The van der Waals surface area contributed by atoms with Gasteiger partial charge in [-0.15, -0.1) is 0 Å². The van der Waals surface area contributed by atoms with E-state index >= 15 is 4.39 Å². The molecule has 0 bridgehead atoms. The van der Waals surface area contributed by atoms with E-state index in [1.165, 1.54) is 0 Å². The summed E-state index contributed by atoms with van der Waals surface area (Å²) < 4.78 is 30.9. The molecule has 6 heteroatoms. The maximum absolute atomic E-state index is 15.1. The Morgan fingerprint density at radius 2 is 1.45 bits per heavy atom. The topological polar surface area (TPSA) is 48.0 Å². The number of carbonyl (C=O) groups is 1. The van der Waals surface area contributed by atoms with Gasteiger partial charge in [-0.2, -0.15) is 0 Å². The summed E-state index contributed by atoms with van der Waals surface area (Å²) >= 11 is 0. The van der Waals surface area contributed by atoms with Crippen LogP contribution in [0.5, 0.6) is 11.5 Å². The zero-order valence-electron chi connectivity index (χ0n) is 18.6. The van der Waals surface area contributed by atoms with Crippen molar-refractivity contribution in [3.05, 3.63) is 59.7 Å². The van der Waals surface area contributed by atoms with E-state index in [0.717, 1.165) is 22.6 Å². The Kier molecular flexibility index (Phi) is 8.29. The van der Waals surface area contributed by atoms with Crippen LogP contribution in [0.1, 0.15) is 37.3 Å². The average molecular weight is 430 g/mol. The number of benzene rings is 2. The highest BCUT2D eigenvalue weighted by atomic mass is 19.1. The molecule has 0 radical (unpaired) electrons. The summed E-state index contributed by atoms with van der Waals surface area (Å²) in [5, 5.41) is 0. The van der Waals surface area contributed by atoms with E-state index in [1.54, 1.807) is 21.1 Å². The molecule has 1 fully saturated rings. The molecule has 0 spiro atoms. The van der Waals surface area contributed by atoms with Gasteiger partial charge in [0.1, 0.15) is 17.7 Å². The summed E-state index contributed by atoms with van der Waals surface area (Å²) in [6.45, 7) is 3.31. The van der Waals surface area contributed by atoms with Crippen molar-refractivity contribution in [1.29, 1.82) is 0 Å². The lowest BCUT2D eigenvalue weighted by molar-refractivity contribution is -0.150. The summed E-state index contributed by atoms with van der Waals surface area (Å²) in [4.78, 5) is 14.5. The van der Waals surface area contributed by atoms with Gasteiger partial charge in [0.25, 0.3) is 0 Å². The molecule has 2 aromatic carbocycles. The standard InChI is InChI=1S/C25H32FNO4/c1-4-31-25(28)20-9-14-23(26)24(15-20)27(16-18-5-10-21(29-2)11-6-18)17-19-7-12-22(30-3)13-8-19/h5-8,10-13,20,23-24H,4,9,14-17H2,1-3H3/t20-,23+,24+/m1/s1. The van der Waals surface area contributed by atoms with Crippen molar-refractivity contribution < 1.29 is 23.4 Å². The second-order valence-corrected chi connectivity index (χ2v) is 7.95. The Balaban J connectivity index is 1.82. The van der Waals surface area contributed by atoms with Crippen LogP contribution < -0.4 is 9.47 Å². The van der Waals surface area contributed by atoms with Crippen molar-refractivity contribution in [2.45, 2.75) is 51.5 Å². The van der Waals surface area contributed by atoms with Crippen molar-refractivity contribution in [2.75, 3.05) is 20.8 Å². The fourth-order valence-electron chi connectivity index (χ4n) is 4.18. The van der Waals surface area contributed by atoms with Crippen LogP contribution in [0.3, 0.4) is 0 Å². The number of ether oxygens (including phenoxy) is 3. The highest BCUT2D eigenvalue weighted by Gasteiger charge is 2.38. The SMILES string of the molecule is CCOC(=O)[C@@H]1CC[C@H](F)[C@@H](N(Cc2ccc(OC)cc2)Cc2ccc(OC)cc2)C1. The molecule has 0 amide bonds. The molecule has 3 atom stereocenters. The van der Waals surface area contributed by atoms with Crippen molar-refractivity contribution in [2.24, 2.45) is 5.92 Å². The number of carbonyl (C=O) groups excluding carboxylic acids is 1. The summed E-state index contributed by atoms with van der Waals surface area (Å²) in [5.41, 5.74) is 2.14.